The van der Waals surface area contributed by atoms with Gasteiger partial charge < -0.3 is 20.2 Å². The maximum absolute atomic E-state index is 12.0. The molecule has 0 saturated heterocycles. The van der Waals surface area contributed by atoms with E-state index in [-0.39, 0.29) is 11.4 Å². The molecule has 0 unspecified atom stereocenters. The molecule has 2 amide bonds. The van der Waals surface area contributed by atoms with Gasteiger partial charge in [-0.05, 0) is 31.2 Å². The van der Waals surface area contributed by atoms with Crippen LogP contribution < -0.4 is 10.6 Å². The van der Waals surface area contributed by atoms with Crippen molar-refractivity contribution in [3.63, 3.8) is 0 Å². The summed E-state index contributed by atoms with van der Waals surface area (Å²) in [6.07, 6.45) is 2.65. The largest absolute Gasteiger partial charge is 0.506 e. The van der Waals surface area contributed by atoms with Gasteiger partial charge in [0.2, 0.25) is 5.91 Å². The summed E-state index contributed by atoms with van der Waals surface area (Å²) < 4.78 is 4.79. The van der Waals surface area contributed by atoms with Gasteiger partial charge in [0, 0.05) is 5.02 Å². The van der Waals surface area contributed by atoms with E-state index >= 15 is 0 Å². The van der Waals surface area contributed by atoms with Crippen LogP contribution >= 0.6 is 11.6 Å². The SMILES string of the molecule is C[C@H](NC(=O)c1ccoc1)C(=O)Nc1cc(Cl)ccc1O. The van der Waals surface area contributed by atoms with Gasteiger partial charge in [0.15, 0.2) is 0 Å². The fourth-order valence-electron chi connectivity index (χ4n) is 1.59. The number of hydrogen-bond acceptors (Lipinski definition) is 4. The van der Waals surface area contributed by atoms with E-state index in [2.05, 4.69) is 10.6 Å². The predicted molar refractivity (Wildman–Crippen MR) is 77.4 cm³/mol. The van der Waals surface area contributed by atoms with Crippen molar-refractivity contribution in [1.82, 2.24) is 5.32 Å². The second-order valence-corrected chi connectivity index (χ2v) is 4.79. The van der Waals surface area contributed by atoms with Gasteiger partial charge in [-0.25, -0.2) is 0 Å². The monoisotopic (exact) mass is 308 g/mol. The average Bonchev–Trinajstić information content (AvgIpc) is 2.97. The maximum Gasteiger partial charge on any atom is 0.255 e. The first-order valence-electron chi connectivity index (χ1n) is 6.10. The lowest BCUT2D eigenvalue weighted by Gasteiger charge is -2.14. The van der Waals surface area contributed by atoms with Crippen LogP contribution in [0.5, 0.6) is 5.75 Å². The fraction of sp³-hybridized carbons (Fsp3) is 0.143. The van der Waals surface area contributed by atoms with Crippen molar-refractivity contribution in [2.45, 2.75) is 13.0 Å². The maximum atomic E-state index is 12.0. The first kappa shape index (κ1) is 14.9. The highest BCUT2D eigenvalue weighted by Gasteiger charge is 2.18. The van der Waals surface area contributed by atoms with E-state index in [0.717, 1.165) is 0 Å². The van der Waals surface area contributed by atoms with Gasteiger partial charge in [-0.15, -0.1) is 0 Å². The number of anilines is 1. The summed E-state index contributed by atoms with van der Waals surface area (Å²) in [5.41, 5.74) is 0.497. The smallest absolute Gasteiger partial charge is 0.255 e. The van der Waals surface area contributed by atoms with E-state index in [4.69, 9.17) is 16.0 Å². The van der Waals surface area contributed by atoms with E-state index in [1.807, 2.05) is 0 Å². The summed E-state index contributed by atoms with van der Waals surface area (Å²) in [5, 5.41) is 15.0. The summed E-state index contributed by atoms with van der Waals surface area (Å²) in [6, 6.07) is 4.97. The summed E-state index contributed by atoms with van der Waals surface area (Å²) in [4.78, 5) is 23.8. The molecule has 1 aromatic heterocycles. The molecule has 110 valence electrons. The summed E-state index contributed by atoms with van der Waals surface area (Å²) in [5.74, 6) is -1.02. The van der Waals surface area contributed by atoms with Crippen LogP contribution in [0.4, 0.5) is 5.69 Å². The molecule has 0 fully saturated rings. The summed E-state index contributed by atoms with van der Waals surface area (Å²) in [7, 11) is 0. The topological polar surface area (TPSA) is 91.6 Å². The molecule has 0 bridgehead atoms. The lowest BCUT2D eigenvalue weighted by molar-refractivity contribution is -0.117. The van der Waals surface area contributed by atoms with Crippen molar-refractivity contribution in [2.24, 2.45) is 0 Å². The highest BCUT2D eigenvalue weighted by atomic mass is 35.5. The van der Waals surface area contributed by atoms with E-state index in [9.17, 15) is 14.7 Å². The zero-order valence-corrected chi connectivity index (χ0v) is 11.8. The van der Waals surface area contributed by atoms with Crippen molar-refractivity contribution in [3.8, 4) is 5.75 Å². The number of aromatic hydroxyl groups is 1. The second kappa shape index (κ2) is 6.32. The first-order chi connectivity index (χ1) is 9.97. The molecule has 0 aliphatic heterocycles. The zero-order valence-electron chi connectivity index (χ0n) is 11.1. The Labute approximate surface area is 125 Å². The third kappa shape index (κ3) is 3.76. The summed E-state index contributed by atoms with van der Waals surface area (Å²) in [6.45, 7) is 1.52. The van der Waals surface area contributed by atoms with Gasteiger partial charge in [-0.1, -0.05) is 11.6 Å². The van der Waals surface area contributed by atoms with Gasteiger partial charge in [-0.3, -0.25) is 9.59 Å². The molecule has 1 heterocycles. The van der Waals surface area contributed by atoms with E-state index in [1.54, 1.807) is 0 Å². The number of rotatable bonds is 4. The van der Waals surface area contributed by atoms with Crippen LogP contribution in [0.3, 0.4) is 0 Å². The molecule has 0 aliphatic rings. The van der Waals surface area contributed by atoms with Crippen molar-refractivity contribution in [2.75, 3.05) is 5.32 Å². The van der Waals surface area contributed by atoms with Crippen LogP contribution in [-0.4, -0.2) is 23.0 Å². The fourth-order valence-corrected chi connectivity index (χ4v) is 1.76. The second-order valence-electron chi connectivity index (χ2n) is 4.36. The lowest BCUT2D eigenvalue weighted by atomic mass is 10.2. The van der Waals surface area contributed by atoms with Crippen LogP contribution in [0.2, 0.25) is 5.02 Å². The standard InChI is InChI=1S/C14H13ClN2O4/c1-8(16-14(20)9-4-5-21-7-9)13(19)17-11-6-10(15)2-3-12(11)18/h2-8,18H,1H3,(H,16,20)(H,17,19)/t8-/m0/s1. The van der Waals surface area contributed by atoms with Crippen LogP contribution in [-0.2, 0) is 4.79 Å². The number of phenols is 1. The highest BCUT2D eigenvalue weighted by molar-refractivity contribution is 6.31. The molecule has 7 heteroatoms. The number of phenolic OH excluding ortho intramolecular Hbond substituents is 1. The molecule has 1 aromatic carbocycles. The Hall–Kier alpha value is -2.47. The molecule has 21 heavy (non-hydrogen) atoms. The molecular weight excluding hydrogens is 296 g/mol. The van der Waals surface area contributed by atoms with Crippen molar-refractivity contribution in [1.29, 1.82) is 0 Å². The Kier molecular flexibility index (Phi) is 4.49. The van der Waals surface area contributed by atoms with Crippen molar-refractivity contribution < 1.29 is 19.1 Å². The Morgan fingerprint density at radius 2 is 2.10 bits per heavy atom. The zero-order chi connectivity index (χ0) is 15.4. The average molecular weight is 309 g/mol. The Bertz CT molecular complexity index is 655. The molecule has 3 N–H and O–H groups in total. The summed E-state index contributed by atoms with van der Waals surface area (Å²) >= 11 is 5.79. The quantitative estimate of drug-likeness (QED) is 0.756. The van der Waals surface area contributed by atoms with Crippen LogP contribution in [0.1, 0.15) is 17.3 Å². The molecule has 2 aromatic rings. The number of carbonyl (C=O) groups excluding carboxylic acids is 2. The van der Waals surface area contributed by atoms with Gasteiger partial charge >= 0.3 is 0 Å². The Morgan fingerprint density at radius 3 is 2.76 bits per heavy atom. The number of nitrogens with one attached hydrogen (secondary N) is 2. The first-order valence-corrected chi connectivity index (χ1v) is 6.47. The van der Waals surface area contributed by atoms with Gasteiger partial charge in [-0.2, -0.15) is 0 Å². The minimum Gasteiger partial charge on any atom is -0.506 e. The highest BCUT2D eigenvalue weighted by Crippen LogP contribution is 2.26. The normalized spacial score (nSPS) is 11.7. The number of amides is 2. The third-order valence-corrected chi connectivity index (χ3v) is 2.98. The minimum absolute atomic E-state index is 0.110. The predicted octanol–water partition coefficient (Wildman–Crippen LogP) is 2.40. The van der Waals surface area contributed by atoms with Gasteiger partial charge in [0.1, 0.15) is 18.1 Å². The molecule has 0 spiro atoms. The molecule has 2 rings (SSSR count). The lowest BCUT2D eigenvalue weighted by Crippen LogP contribution is -2.41. The van der Waals surface area contributed by atoms with Crippen LogP contribution in [0.15, 0.2) is 41.2 Å². The minimum atomic E-state index is -0.800. The van der Waals surface area contributed by atoms with Crippen molar-refractivity contribution in [3.05, 3.63) is 47.4 Å². The van der Waals surface area contributed by atoms with E-state index in [1.165, 1.54) is 43.7 Å². The van der Waals surface area contributed by atoms with Gasteiger partial charge in [0.05, 0.1) is 17.5 Å². The Balaban J connectivity index is 1.99. The van der Waals surface area contributed by atoms with Crippen LogP contribution in [0, 0.1) is 0 Å². The molecule has 0 radical (unpaired) electrons. The molecule has 0 aliphatic carbocycles. The number of hydrogen-bond donors (Lipinski definition) is 3. The number of benzene rings is 1. The molecular formula is C14H13ClN2O4. The third-order valence-electron chi connectivity index (χ3n) is 2.74. The number of carbonyl (C=O) groups is 2. The molecule has 0 saturated carbocycles. The van der Waals surface area contributed by atoms with Crippen LogP contribution in [0.25, 0.3) is 0 Å². The molecule has 6 nitrogen and oxygen atoms in total. The van der Waals surface area contributed by atoms with Crippen molar-refractivity contribution >= 4 is 29.1 Å². The van der Waals surface area contributed by atoms with E-state index < -0.39 is 17.9 Å². The van der Waals surface area contributed by atoms with E-state index in [0.29, 0.717) is 10.6 Å². The number of halogens is 1. The Morgan fingerprint density at radius 1 is 1.33 bits per heavy atom. The number of furan rings is 1. The molecule has 1 atom stereocenters. The van der Waals surface area contributed by atoms with Gasteiger partial charge in [0.25, 0.3) is 5.91 Å².